The number of ether oxygens (including phenoxy) is 1. The Morgan fingerprint density at radius 1 is 0.909 bits per heavy atom. The van der Waals surface area contributed by atoms with E-state index < -0.39 is 11.8 Å². The van der Waals surface area contributed by atoms with E-state index in [0.717, 1.165) is 21.9 Å². The summed E-state index contributed by atoms with van der Waals surface area (Å²) < 4.78 is 5.19. The van der Waals surface area contributed by atoms with Crippen LogP contribution in [0.1, 0.15) is 15.9 Å². The summed E-state index contributed by atoms with van der Waals surface area (Å²) in [6.45, 7) is 0. The Balaban J connectivity index is 1.16. The third kappa shape index (κ3) is 8.40. The second-order valence-electron chi connectivity index (χ2n) is 9.25. The van der Waals surface area contributed by atoms with E-state index in [1.807, 2.05) is 47.8 Å². The van der Waals surface area contributed by atoms with Crippen molar-refractivity contribution in [2.24, 2.45) is 0 Å². The molecule has 3 N–H and O–H groups in total. The summed E-state index contributed by atoms with van der Waals surface area (Å²) >= 11 is 2.72. The highest BCUT2D eigenvalue weighted by atomic mass is 32.2. The third-order valence-corrected chi connectivity index (χ3v) is 7.91. The van der Waals surface area contributed by atoms with Gasteiger partial charge in [-0.3, -0.25) is 19.4 Å². The number of nitrogens with one attached hydrogen (secondary N) is 3. The summed E-state index contributed by atoms with van der Waals surface area (Å²) in [5, 5.41) is 10.8. The topological polar surface area (TPSA) is 122 Å². The van der Waals surface area contributed by atoms with Gasteiger partial charge in [-0.05, 0) is 78.4 Å². The summed E-state index contributed by atoms with van der Waals surface area (Å²) in [6, 6.07) is 26.8. The van der Waals surface area contributed by atoms with Gasteiger partial charge in [-0.2, -0.15) is 0 Å². The summed E-state index contributed by atoms with van der Waals surface area (Å²) in [4.78, 5) is 48.0. The Kier molecular flexibility index (Phi) is 10.1. The van der Waals surface area contributed by atoms with E-state index in [1.165, 1.54) is 23.1 Å². The van der Waals surface area contributed by atoms with E-state index >= 15 is 0 Å². The van der Waals surface area contributed by atoms with Crippen molar-refractivity contribution in [3.8, 4) is 17.0 Å². The highest BCUT2D eigenvalue weighted by Gasteiger charge is 2.15. The number of benzene rings is 3. The molecule has 11 heteroatoms. The average molecular weight is 622 g/mol. The zero-order valence-electron chi connectivity index (χ0n) is 23.5. The van der Waals surface area contributed by atoms with Crippen LogP contribution in [0.4, 0.5) is 10.8 Å². The third-order valence-electron chi connectivity index (χ3n) is 6.14. The van der Waals surface area contributed by atoms with E-state index in [4.69, 9.17) is 4.74 Å². The number of carbonyl (C=O) groups is 3. The van der Waals surface area contributed by atoms with E-state index in [1.54, 1.807) is 74.1 Å². The summed E-state index contributed by atoms with van der Waals surface area (Å²) in [5.41, 5.74) is 3.39. The normalized spacial score (nSPS) is 11.0. The molecule has 0 saturated heterocycles. The van der Waals surface area contributed by atoms with Crippen LogP contribution in [0, 0.1) is 0 Å². The van der Waals surface area contributed by atoms with Crippen molar-refractivity contribution >= 4 is 57.7 Å². The van der Waals surface area contributed by atoms with Gasteiger partial charge in [0, 0.05) is 39.5 Å². The van der Waals surface area contributed by atoms with Gasteiger partial charge in [-0.1, -0.05) is 24.3 Å². The molecule has 0 saturated carbocycles. The van der Waals surface area contributed by atoms with Crippen molar-refractivity contribution in [2.75, 3.05) is 23.5 Å². The second-order valence-corrected chi connectivity index (χ2v) is 11.2. The number of thioether (sulfide) groups is 1. The van der Waals surface area contributed by atoms with Crippen molar-refractivity contribution < 1.29 is 19.1 Å². The number of thiazole rings is 1. The smallest absolute Gasteiger partial charge is 0.272 e. The summed E-state index contributed by atoms with van der Waals surface area (Å²) in [6.07, 6.45) is 4.79. The van der Waals surface area contributed by atoms with Crippen LogP contribution in [0.15, 0.2) is 119 Å². The summed E-state index contributed by atoms with van der Waals surface area (Å²) in [7, 11) is 1.62. The van der Waals surface area contributed by atoms with E-state index in [-0.39, 0.29) is 17.4 Å². The maximum atomic E-state index is 13.2. The van der Waals surface area contributed by atoms with Crippen LogP contribution in [0.2, 0.25) is 0 Å². The van der Waals surface area contributed by atoms with Crippen molar-refractivity contribution in [3.63, 3.8) is 0 Å². The Labute approximate surface area is 262 Å². The molecule has 220 valence electrons. The fourth-order valence-corrected chi connectivity index (χ4v) is 5.37. The first-order chi connectivity index (χ1) is 21.5. The molecule has 5 aromatic rings. The molecule has 0 radical (unpaired) electrons. The van der Waals surface area contributed by atoms with Crippen LogP contribution < -0.4 is 20.7 Å². The number of aromatic nitrogens is 2. The van der Waals surface area contributed by atoms with E-state index in [0.29, 0.717) is 21.9 Å². The van der Waals surface area contributed by atoms with Gasteiger partial charge in [0.25, 0.3) is 11.8 Å². The monoisotopic (exact) mass is 621 g/mol. The molecule has 0 bridgehead atoms. The van der Waals surface area contributed by atoms with Crippen molar-refractivity contribution in [1.82, 2.24) is 15.3 Å². The molecule has 0 aliphatic heterocycles. The molecule has 0 aliphatic carbocycles. The lowest BCUT2D eigenvalue weighted by atomic mass is 10.2. The lowest BCUT2D eigenvalue weighted by molar-refractivity contribution is -0.114. The Morgan fingerprint density at radius 2 is 1.68 bits per heavy atom. The number of nitrogens with zero attached hydrogens (tertiary/aromatic N) is 2. The van der Waals surface area contributed by atoms with Crippen LogP contribution in [-0.2, 0) is 9.59 Å². The van der Waals surface area contributed by atoms with Crippen LogP contribution >= 0.6 is 23.1 Å². The fraction of sp³-hybridized carbons (Fsp3) is 0.0606. The fourth-order valence-electron chi connectivity index (χ4n) is 3.93. The van der Waals surface area contributed by atoms with Crippen LogP contribution in [0.3, 0.4) is 0 Å². The van der Waals surface area contributed by atoms with Crippen LogP contribution in [0.5, 0.6) is 5.75 Å². The van der Waals surface area contributed by atoms with E-state index in [9.17, 15) is 14.4 Å². The Bertz CT molecular complexity index is 1760. The molecule has 44 heavy (non-hydrogen) atoms. The minimum absolute atomic E-state index is 0.0688. The first kappa shape index (κ1) is 30.2. The predicted molar refractivity (Wildman–Crippen MR) is 175 cm³/mol. The second kappa shape index (κ2) is 14.8. The number of anilines is 2. The molecular weight excluding hydrogens is 595 g/mol. The lowest BCUT2D eigenvalue weighted by Gasteiger charge is -2.12. The highest BCUT2D eigenvalue weighted by molar-refractivity contribution is 8.00. The minimum atomic E-state index is -0.490. The number of methoxy groups -OCH3 is 1. The molecule has 0 aliphatic rings. The van der Waals surface area contributed by atoms with Gasteiger partial charge in [0.2, 0.25) is 5.91 Å². The number of hydrogen-bond donors (Lipinski definition) is 3. The first-order valence-corrected chi connectivity index (χ1v) is 15.3. The highest BCUT2D eigenvalue weighted by Crippen LogP contribution is 2.27. The van der Waals surface area contributed by atoms with Crippen molar-refractivity contribution in [2.45, 2.75) is 4.90 Å². The molecule has 2 aromatic heterocycles. The summed E-state index contributed by atoms with van der Waals surface area (Å²) in [5.74, 6) is -0.125. The number of pyridine rings is 1. The maximum Gasteiger partial charge on any atom is 0.272 e. The van der Waals surface area contributed by atoms with E-state index in [2.05, 4.69) is 25.9 Å². The Morgan fingerprint density at radius 3 is 2.39 bits per heavy atom. The van der Waals surface area contributed by atoms with Gasteiger partial charge >= 0.3 is 0 Å². The SMILES string of the molecule is COc1ccc(-c2csc(NC(=O)CSc3ccc(NC(=O)/C(=C/c4cccnc4)NC(=O)c4ccccc4)cc3)n2)cc1. The van der Waals surface area contributed by atoms with Gasteiger partial charge in [0.15, 0.2) is 5.13 Å². The number of hydrogen-bond acceptors (Lipinski definition) is 8. The Hall–Kier alpha value is -5.26. The largest absolute Gasteiger partial charge is 0.497 e. The van der Waals surface area contributed by atoms with Gasteiger partial charge in [-0.25, -0.2) is 4.98 Å². The molecule has 3 amide bonds. The van der Waals surface area contributed by atoms with Gasteiger partial charge in [0.05, 0.1) is 18.6 Å². The van der Waals surface area contributed by atoms with Crippen LogP contribution in [-0.4, -0.2) is 40.6 Å². The number of carbonyl (C=O) groups excluding carboxylic acids is 3. The molecule has 0 fully saturated rings. The number of rotatable bonds is 11. The van der Waals surface area contributed by atoms with Crippen molar-refractivity contribution in [3.05, 3.63) is 126 Å². The van der Waals surface area contributed by atoms with Gasteiger partial charge in [-0.15, -0.1) is 23.1 Å². The zero-order valence-corrected chi connectivity index (χ0v) is 25.2. The average Bonchev–Trinajstić information content (AvgIpc) is 3.53. The van der Waals surface area contributed by atoms with Gasteiger partial charge in [0.1, 0.15) is 11.4 Å². The molecule has 3 aromatic carbocycles. The quantitative estimate of drug-likeness (QED) is 0.116. The van der Waals surface area contributed by atoms with Crippen LogP contribution in [0.25, 0.3) is 17.3 Å². The van der Waals surface area contributed by atoms with Crippen molar-refractivity contribution in [1.29, 1.82) is 0 Å². The molecular formula is C33H27N5O4S2. The zero-order chi connectivity index (χ0) is 30.7. The van der Waals surface area contributed by atoms with Gasteiger partial charge < -0.3 is 20.7 Å². The lowest BCUT2D eigenvalue weighted by Crippen LogP contribution is -2.30. The molecule has 0 unspecified atom stereocenters. The molecule has 0 spiro atoms. The standard InChI is InChI=1S/C33H27N5O4S2/c1-42-26-13-9-23(10-14-26)29-20-44-33(37-29)38-30(39)21-43-27-15-11-25(12-16-27)35-32(41)28(18-22-6-5-17-34-19-22)36-31(40)24-7-3-2-4-8-24/h2-20H,21H2,1H3,(H,35,41)(H,36,40)(H,37,38,39)/b28-18-. The first-order valence-electron chi connectivity index (χ1n) is 13.4. The minimum Gasteiger partial charge on any atom is -0.497 e. The molecule has 0 atom stereocenters. The predicted octanol–water partition coefficient (Wildman–Crippen LogP) is 6.35. The number of amides is 3. The molecule has 5 rings (SSSR count). The molecule has 9 nitrogen and oxygen atoms in total. The maximum absolute atomic E-state index is 13.2. The molecule has 2 heterocycles.